The van der Waals surface area contributed by atoms with Gasteiger partial charge in [0.25, 0.3) is 0 Å². The lowest BCUT2D eigenvalue weighted by Crippen LogP contribution is -2.56. The molecule has 0 saturated heterocycles. The lowest BCUT2D eigenvalue weighted by atomic mass is 10.0. The second kappa shape index (κ2) is 6.07. The quantitative estimate of drug-likeness (QED) is 0.615. The van der Waals surface area contributed by atoms with Gasteiger partial charge in [0.2, 0.25) is 5.91 Å². The molecule has 0 spiro atoms. The number of likely N-dealkylation sites (N-methyl/N-ethyl adjacent to an activating group) is 2. The number of carbonyl (C=O) groups excluding carboxylic acids is 2. The van der Waals surface area contributed by atoms with Crippen molar-refractivity contribution in [2.45, 2.75) is 26.3 Å². The summed E-state index contributed by atoms with van der Waals surface area (Å²) in [5.74, 6) is -1.45. The number of carboxylic acid groups (broad SMARTS) is 1. The van der Waals surface area contributed by atoms with Gasteiger partial charge in [-0.05, 0) is 20.8 Å². The van der Waals surface area contributed by atoms with E-state index >= 15 is 0 Å². The van der Waals surface area contributed by atoms with Crippen molar-refractivity contribution in [1.82, 2.24) is 15.5 Å². The van der Waals surface area contributed by atoms with Gasteiger partial charge in [-0.25, -0.2) is 9.59 Å². The van der Waals surface area contributed by atoms with Crippen molar-refractivity contribution in [1.29, 1.82) is 0 Å². The third-order valence-electron chi connectivity index (χ3n) is 2.44. The van der Waals surface area contributed by atoms with E-state index in [1.807, 2.05) is 0 Å². The lowest BCUT2D eigenvalue weighted by Gasteiger charge is -2.34. The smallest absolute Gasteiger partial charge is 0.329 e. The normalized spacial score (nSPS) is 10.6. The Morgan fingerprint density at radius 3 is 2.18 bits per heavy atom. The van der Waals surface area contributed by atoms with Crippen LogP contribution in [0.1, 0.15) is 20.8 Å². The summed E-state index contributed by atoms with van der Waals surface area (Å²) in [5, 5.41) is 13.7. The highest BCUT2D eigenvalue weighted by molar-refractivity contribution is 5.88. The zero-order valence-electron chi connectivity index (χ0n) is 10.5. The van der Waals surface area contributed by atoms with Crippen LogP contribution in [0.15, 0.2) is 0 Å². The molecule has 0 radical (unpaired) electrons. The number of urea groups is 1. The molecule has 98 valence electrons. The number of amides is 3. The molecule has 3 amide bonds. The van der Waals surface area contributed by atoms with Gasteiger partial charge in [-0.3, -0.25) is 4.79 Å². The standard InChI is InChI=1S/C10H19N3O4/c1-5-13(10(2,3)8(15)16)9(17)12-6-7(14)11-4/h5-6H2,1-4H3,(H,11,14)(H,12,17)(H,15,16). The van der Waals surface area contributed by atoms with Crippen molar-refractivity contribution in [3.8, 4) is 0 Å². The largest absolute Gasteiger partial charge is 0.480 e. The molecule has 0 aliphatic rings. The van der Waals surface area contributed by atoms with Crippen molar-refractivity contribution >= 4 is 17.9 Å². The molecule has 0 rings (SSSR count). The third kappa shape index (κ3) is 3.93. The Kier molecular flexibility index (Phi) is 5.43. The van der Waals surface area contributed by atoms with Gasteiger partial charge in [0.15, 0.2) is 0 Å². The van der Waals surface area contributed by atoms with Crippen LogP contribution in [-0.2, 0) is 9.59 Å². The average Bonchev–Trinajstić information content (AvgIpc) is 2.26. The fourth-order valence-electron chi connectivity index (χ4n) is 1.25. The fraction of sp³-hybridized carbons (Fsp3) is 0.700. The molecule has 0 aliphatic heterocycles. The Morgan fingerprint density at radius 2 is 1.82 bits per heavy atom. The molecule has 0 heterocycles. The molecule has 0 aromatic heterocycles. The van der Waals surface area contributed by atoms with Crippen LogP contribution in [0, 0.1) is 0 Å². The van der Waals surface area contributed by atoms with Gasteiger partial charge in [-0.15, -0.1) is 0 Å². The first-order valence-corrected chi connectivity index (χ1v) is 5.26. The molecule has 0 aromatic carbocycles. The van der Waals surface area contributed by atoms with Gasteiger partial charge in [0.05, 0.1) is 6.54 Å². The van der Waals surface area contributed by atoms with Crippen molar-refractivity contribution in [3.63, 3.8) is 0 Å². The predicted octanol–water partition coefficient (Wildman–Crippen LogP) is -0.373. The number of nitrogens with one attached hydrogen (secondary N) is 2. The molecule has 0 saturated carbocycles. The fourth-order valence-corrected chi connectivity index (χ4v) is 1.25. The maximum Gasteiger partial charge on any atom is 0.329 e. The predicted molar refractivity (Wildman–Crippen MR) is 61.6 cm³/mol. The van der Waals surface area contributed by atoms with E-state index in [-0.39, 0.29) is 19.0 Å². The van der Waals surface area contributed by atoms with Crippen LogP contribution in [0.2, 0.25) is 0 Å². The molecule has 17 heavy (non-hydrogen) atoms. The van der Waals surface area contributed by atoms with E-state index in [4.69, 9.17) is 5.11 Å². The molecule has 0 unspecified atom stereocenters. The Labute approximate surface area is 100 Å². The first-order chi connectivity index (χ1) is 7.77. The van der Waals surface area contributed by atoms with Crippen LogP contribution >= 0.6 is 0 Å². The van der Waals surface area contributed by atoms with E-state index in [9.17, 15) is 14.4 Å². The molecule has 7 nitrogen and oxygen atoms in total. The first-order valence-electron chi connectivity index (χ1n) is 5.26. The Bertz CT molecular complexity index is 315. The van der Waals surface area contributed by atoms with Crippen LogP contribution < -0.4 is 10.6 Å². The minimum absolute atomic E-state index is 0.179. The minimum atomic E-state index is -1.32. The maximum atomic E-state index is 11.7. The van der Waals surface area contributed by atoms with Crippen LogP contribution in [0.4, 0.5) is 4.79 Å². The second-order valence-corrected chi connectivity index (χ2v) is 3.94. The number of rotatable bonds is 5. The van der Waals surface area contributed by atoms with Gasteiger partial charge >= 0.3 is 12.0 Å². The summed E-state index contributed by atoms with van der Waals surface area (Å²) in [7, 11) is 1.45. The van der Waals surface area contributed by atoms with E-state index in [2.05, 4.69) is 10.6 Å². The highest BCUT2D eigenvalue weighted by Gasteiger charge is 2.36. The van der Waals surface area contributed by atoms with Gasteiger partial charge in [0, 0.05) is 13.6 Å². The number of hydrogen-bond acceptors (Lipinski definition) is 3. The van der Waals surface area contributed by atoms with Gasteiger partial charge in [-0.2, -0.15) is 0 Å². The van der Waals surface area contributed by atoms with Crippen LogP contribution in [0.5, 0.6) is 0 Å². The SMILES string of the molecule is CCN(C(=O)NCC(=O)NC)C(C)(C)C(=O)O. The molecule has 0 bridgehead atoms. The minimum Gasteiger partial charge on any atom is -0.480 e. The van der Waals surface area contributed by atoms with Crippen molar-refractivity contribution < 1.29 is 19.5 Å². The van der Waals surface area contributed by atoms with Gasteiger partial charge in [-0.1, -0.05) is 0 Å². The monoisotopic (exact) mass is 245 g/mol. The van der Waals surface area contributed by atoms with E-state index < -0.39 is 17.5 Å². The Hall–Kier alpha value is -1.79. The van der Waals surface area contributed by atoms with E-state index in [0.717, 1.165) is 4.90 Å². The zero-order valence-corrected chi connectivity index (χ0v) is 10.5. The molecule has 0 atom stereocenters. The summed E-state index contributed by atoms with van der Waals surface area (Å²) < 4.78 is 0. The maximum absolute atomic E-state index is 11.7. The summed E-state index contributed by atoms with van der Waals surface area (Å²) in [4.78, 5) is 34.8. The first kappa shape index (κ1) is 15.2. The number of aliphatic carboxylic acids is 1. The highest BCUT2D eigenvalue weighted by atomic mass is 16.4. The Balaban J connectivity index is 4.62. The van der Waals surface area contributed by atoms with Gasteiger partial charge in [0.1, 0.15) is 5.54 Å². The second-order valence-electron chi connectivity index (χ2n) is 3.94. The molecule has 0 aromatic rings. The molecule has 3 N–H and O–H groups in total. The Morgan fingerprint density at radius 1 is 1.29 bits per heavy atom. The lowest BCUT2D eigenvalue weighted by molar-refractivity contribution is -0.147. The average molecular weight is 245 g/mol. The van der Waals surface area contributed by atoms with Crippen LogP contribution in [-0.4, -0.2) is 53.6 Å². The molecule has 0 aliphatic carbocycles. The van der Waals surface area contributed by atoms with E-state index in [0.29, 0.717) is 0 Å². The van der Waals surface area contributed by atoms with E-state index in [1.54, 1.807) is 6.92 Å². The number of nitrogens with zero attached hydrogens (tertiary/aromatic N) is 1. The molecule has 0 fully saturated rings. The van der Waals surface area contributed by atoms with Crippen LogP contribution in [0.25, 0.3) is 0 Å². The van der Waals surface area contributed by atoms with Crippen molar-refractivity contribution in [2.75, 3.05) is 20.1 Å². The summed E-state index contributed by atoms with van der Waals surface area (Å²) in [6.45, 7) is 4.58. The zero-order chi connectivity index (χ0) is 13.6. The van der Waals surface area contributed by atoms with Gasteiger partial charge < -0.3 is 20.6 Å². The summed E-state index contributed by atoms with van der Waals surface area (Å²) in [5.41, 5.74) is -1.32. The highest BCUT2D eigenvalue weighted by Crippen LogP contribution is 2.14. The summed E-state index contributed by atoms with van der Waals surface area (Å²) in [6.07, 6.45) is 0. The number of hydrogen-bond donors (Lipinski definition) is 3. The van der Waals surface area contributed by atoms with Crippen molar-refractivity contribution in [3.05, 3.63) is 0 Å². The van der Waals surface area contributed by atoms with Crippen molar-refractivity contribution in [2.24, 2.45) is 0 Å². The molecular weight excluding hydrogens is 226 g/mol. The van der Waals surface area contributed by atoms with E-state index in [1.165, 1.54) is 20.9 Å². The number of carbonyl (C=O) groups is 3. The topological polar surface area (TPSA) is 98.7 Å². The summed E-state index contributed by atoms with van der Waals surface area (Å²) >= 11 is 0. The van der Waals surface area contributed by atoms with Crippen LogP contribution in [0.3, 0.4) is 0 Å². The molecule has 7 heteroatoms. The molecular formula is C10H19N3O4. The third-order valence-corrected chi connectivity index (χ3v) is 2.44. The summed E-state index contributed by atoms with van der Waals surface area (Å²) in [6, 6.07) is -0.580. The number of carboxylic acids is 1.